The molecular weight excluding hydrogens is 370 g/mol. The van der Waals surface area contributed by atoms with Gasteiger partial charge in [-0.05, 0) is 44.9 Å². The van der Waals surface area contributed by atoms with Gasteiger partial charge in [-0.2, -0.15) is 0 Å². The highest BCUT2D eigenvalue weighted by Crippen LogP contribution is 2.32. The summed E-state index contributed by atoms with van der Waals surface area (Å²) in [5, 5.41) is 24.9. The fourth-order valence-corrected chi connectivity index (χ4v) is 5.31. The summed E-state index contributed by atoms with van der Waals surface area (Å²) < 4.78 is 0. The first-order valence-electron chi connectivity index (χ1n) is 11.5. The Balaban J connectivity index is 1.46. The molecule has 3 aliphatic rings. The molecule has 1 atom stereocenters. The number of piperidine rings is 1. The fraction of sp³-hybridized carbons (Fsp3) is 0.909. The van der Waals surface area contributed by atoms with Gasteiger partial charge in [-0.25, -0.2) is 0 Å². The van der Waals surface area contributed by atoms with Crippen LogP contribution in [0.25, 0.3) is 0 Å². The number of β-amino-alcohol motifs (C(OH)–C–C–N with tert-alkyl or cyclic N) is 1. The van der Waals surface area contributed by atoms with Crippen LogP contribution in [0.1, 0.15) is 77.6 Å². The van der Waals surface area contributed by atoms with Crippen molar-refractivity contribution in [3.63, 3.8) is 0 Å². The van der Waals surface area contributed by atoms with E-state index in [-0.39, 0.29) is 24.3 Å². The number of carbonyl (C=O) groups excluding carboxylic acids is 2. The minimum atomic E-state index is -0.823. The summed E-state index contributed by atoms with van der Waals surface area (Å²) in [6, 6.07) is 0.242. The van der Waals surface area contributed by atoms with Crippen molar-refractivity contribution in [2.45, 2.75) is 94.8 Å². The molecule has 166 valence electrons. The molecule has 0 aromatic carbocycles. The van der Waals surface area contributed by atoms with E-state index in [2.05, 4.69) is 10.2 Å². The molecule has 3 rings (SSSR count). The predicted molar refractivity (Wildman–Crippen MR) is 111 cm³/mol. The van der Waals surface area contributed by atoms with Crippen LogP contribution in [0.2, 0.25) is 0 Å². The first kappa shape index (κ1) is 22.5. The van der Waals surface area contributed by atoms with E-state index in [0.29, 0.717) is 32.5 Å². The van der Waals surface area contributed by atoms with Gasteiger partial charge in [0.25, 0.3) is 0 Å². The quantitative estimate of drug-likeness (QED) is 0.639. The van der Waals surface area contributed by atoms with E-state index in [4.69, 9.17) is 0 Å². The molecule has 0 aromatic heterocycles. The molecule has 29 heavy (non-hydrogen) atoms. The van der Waals surface area contributed by atoms with Crippen molar-refractivity contribution in [1.29, 1.82) is 0 Å². The third kappa shape index (κ3) is 6.66. The van der Waals surface area contributed by atoms with Gasteiger partial charge in [0.1, 0.15) is 0 Å². The standard InChI is InChI=1S/C22H39N3O4/c1-18(26)23-19-6-13-24(14-7-19)17-22(29)10-5-12-25(15-11-22)20(27)16-21(28)8-3-2-4-9-21/h19,28-29H,2-17H2,1H3,(H,23,26)/t22-/m0/s1. The van der Waals surface area contributed by atoms with E-state index in [1.807, 2.05) is 4.90 Å². The highest BCUT2D eigenvalue weighted by Gasteiger charge is 2.37. The number of nitrogens with zero attached hydrogens (tertiary/aromatic N) is 2. The van der Waals surface area contributed by atoms with Gasteiger partial charge in [-0.1, -0.05) is 19.3 Å². The molecule has 2 saturated heterocycles. The number of rotatable bonds is 5. The summed E-state index contributed by atoms with van der Waals surface area (Å²) in [6.45, 7) is 5.17. The van der Waals surface area contributed by atoms with Crippen molar-refractivity contribution in [3.05, 3.63) is 0 Å². The smallest absolute Gasteiger partial charge is 0.225 e. The Labute approximate surface area is 174 Å². The lowest BCUT2D eigenvalue weighted by atomic mass is 9.82. The van der Waals surface area contributed by atoms with Gasteiger partial charge in [-0.3, -0.25) is 9.59 Å². The van der Waals surface area contributed by atoms with Crippen molar-refractivity contribution >= 4 is 11.8 Å². The largest absolute Gasteiger partial charge is 0.389 e. The van der Waals surface area contributed by atoms with Gasteiger partial charge in [0, 0.05) is 45.7 Å². The van der Waals surface area contributed by atoms with Crippen LogP contribution < -0.4 is 5.32 Å². The highest BCUT2D eigenvalue weighted by molar-refractivity contribution is 5.77. The Hall–Kier alpha value is -1.18. The average molecular weight is 410 g/mol. The topological polar surface area (TPSA) is 93.1 Å². The van der Waals surface area contributed by atoms with Crippen LogP contribution in [0.3, 0.4) is 0 Å². The second kappa shape index (κ2) is 9.75. The molecule has 7 heteroatoms. The van der Waals surface area contributed by atoms with Crippen LogP contribution in [0.5, 0.6) is 0 Å². The summed E-state index contributed by atoms with van der Waals surface area (Å²) in [5.41, 5.74) is -1.59. The first-order valence-corrected chi connectivity index (χ1v) is 11.5. The maximum atomic E-state index is 12.8. The molecular formula is C22H39N3O4. The number of nitrogens with one attached hydrogen (secondary N) is 1. The molecule has 0 spiro atoms. The van der Waals surface area contributed by atoms with Gasteiger partial charge in [0.05, 0.1) is 17.6 Å². The molecule has 0 unspecified atom stereocenters. The van der Waals surface area contributed by atoms with Gasteiger partial charge >= 0.3 is 0 Å². The van der Waals surface area contributed by atoms with Gasteiger partial charge < -0.3 is 25.3 Å². The van der Waals surface area contributed by atoms with E-state index in [1.165, 1.54) is 0 Å². The fourth-order valence-electron chi connectivity index (χ4n) is 5.31. The SMILES string of the molecule is CC(=O)NC1CCN(C[C@]2(O)CCCN(C(=O)CC3(O)CCCCC3)CC2)CC1. The van der Waals surface area contributed by atoms with E-state index < -0.39 is 11.2 Å². The number of hydrogen-bond acceptors (Lipinski definition) is 5. The number of likely N-dealkylation sites (tertiary alicyclic amines) is 2. The van der Waals surface area contributed by atoms with Gasteiger partial charge in [0.2, 0.25) is 11.8 Å². The molecule has 2 aliphatic heterocycles. The number of hydrogen-bond donors (Lipinski definition) is 3. The monoisotopic (exact) mass is 409 g/mol. The second-order valence-electron chi connectivity index (χ2n) is 9.67. The number of carbonyl (C=O) groups is 2. The lowest BCUT2D eigenvalue weighted by Gasteiger charge is -2.38. The Kier molecular flexibility index (Phi) is 7.57. The van der Waals surface area contributed by atoms with Crippen LogP contribution in [0.4, 0.5) is 0 Å². The zero-order chi connectivity index (χ0) is 20.9. The van der Waals surface area contributed by atoms with Gasteiger partial charge in [0.15, 0.2) is 0 Å². The third-order valence-electron chi connectivity index (χ3n) is 7.05. The molecule has 0 aromatic rings. The van der Waals surface area contributed by atoms with Crippen molar-refractivity contribution < 1.29 is 19.8 Å². The zero-order valence-corrected chi connectivity index (χ0v) is 18.0. The molecule has 1 aliphatic carbocycles. The van der Waals surface area contributed by atoms with Crippen molar-refractivity contribution in [3.8, 4) is 0 Å². The van der Waals surface area contributed by atoms with Gasteiger partial charge in [-0.15, -0.1) is 0 Å². The van der Waals surface area contributed by atoms with Crippen LogP contribution in [-0.2, 0) is 9.59 Å². The lowest BCUT2D eigenvalue weighted by molar-refractivity contribution is -0.138. The molecule has 2 amide bonds. The lowest BCUT2D eigenvalue weighted by Crippen LogP contribution is -2.50. The molecule has 7 nitrogen and oxygen atoms in total. The van der Waals surface area contributed by atoms with E-state index in [0.717, 1.165) is 64.5 Å². The molecule has 3 fully saturated rings. The van der Waals surface area contributed by atoms with E-state index in [1.54, 1.807) is 6.92 Å². The summed E-state index contributed by atoms with van der Waals surface area (Å²) in [4.78, 5) is 28.2. The average Bonchev–Trinajstić information content (AvgIpc) is 2.85. The highest BCUT2D eigenvalue weighted by atomic mass is 16.3. The molecule has 1 saturated carbocycles. The predicted octanol–water partition coefficient (Wildman–Crippen LogP) is 1.42. The Morgan fingerprint density at radius 2 is 1.55 bits per heavy atom. The van der Waals surface area contributed by atoms with Crippen molar-refractivity contribution in [1.82, 2.24) is 15.1 Å². The summed E-state index contributed by atoms with van der Waals surface area (Å²) >= 11 is 0. The summed E-state index contributed by atoms with van der Waals surface area (Å²) in [5.74, 6) is 0.0586. The summed E-state index contributed by atoms with van der Waals surface area (Å²) in [7, 11) is 0. The van der Waals surface area contributed by atoms with Crippen LogP contribution >= 0.6 is 0 Å². The van der Waals surface area contributed by atoms with Crippen LogP contribution in [0.15, 0.2) is 0 Å². The normalized spacial score (nSPS) is 29.3. The van der Waals surface area contributed by atoms with E-state index >= 15 is 0 Å². The van der Waals surface area contributed by atoms with Crippen molar-refractivity contribution in [2.24, 2.45) is 0 Å². The molecule has 0 radical (unpaired) electrons. The number of amides is 2. The zero-order valence-electron chi connectivity index (χ0n) is 18.0. The van der Waals surface area contributed by atoms with Crippen molar-refractivity contribution in [2.75, 3.05) is 32.7 Å². The van der Waals surface area contributed by atoms with E-state index in [9.17, 15) is 19.8 Å². The third-order valence-corrected chi connectivity index (χ3v) is 7.05. The Bertz CT molecular complexity index is 570. The Morgan fingerprint density at radius 3 is 2.21 bits per heavy atom. The van der Waals surface area contributed by atoms with Crippen LogP contribution in [0, 0.1) is 0 Å². The summed E-state index contributed by atoms with van der Waals surface area (Å²) in [6.07, 6.45) is 8.74. The second-order valence-corrected chi connectivity index (χ2v) is 9.67. The number of aliphatic hydroxyl groups is 2. The maximum Gasteiger partial charge on any atom is 0.225 e. The first-order chi connectivity index (χ1) is 13.8. The molecule has 3 N–H and O–H groups in total. The Morgan fingerprint density at radius 1 is 0.897 bits per heavy atom. The molecule has 2 heterocycles. The maximum absolute atomic E-state index is 12.8. The minimum Gasteiger partial charge on any atom is -0.389 e. The van der Waals surface area contributed by atoms with Crippen LogP contribution in [-0.4, -0.2) is 81.8 Å². The minimum absolute atomic E-state index is 0.0218. The molecule has 0 bridgehead atoms.